The van der Waals surface area contributed by atoms with Crippen LogP contribution in [0, 0.1) is 11.6 Å². The molecule has 0 unspecified atom stereocenters. The minimum Gasteiger partial charge on any atom is -0.508 e. The maximum absolute atomic E-state index is 13.2. The molecule has 2 N–H and O–H groups in total. The number of rotatable bonds is 3. The second-order valence-electron chi connectivity index (χ2n) is 6.24. The fourth-order valence-electron chi connectivity index (χ4n) is 2.72. The molecule has 0 aliphatic rings. The van der Waals surface area contributed by atoms with Gasteiger partial charge in [0, 0.05) is 17.1 Å². The summed E-state index contributed by atoms with van der Waals surface area (Å²) in [7, 11) is 0. The van der Waals surface area contributed by atoms with Crippen LogP contribution in [0.1, 0.15) is 10.4 Å². The molecule has 0 saturated carbocycles. The van der Waals surface area contributed by atoms with E-state index >= 15 is 0 Å². The molecule has 4 aromatic rings. The van der Waals surface area contributed by atoms with Crippen molar-refractivity contribution in [2.45, 2.75) is 0 Å². The number of hydrogen-bond donors (Lipinski definition) is 2. The van der Waals surface area contributed by atoms with Crippen molar-refractivity contribution in [1.82, 2.24) is 0 Å². The van der Waals surface area contributed by atoms with Crippen molar-refractivity contribution >= 4 is 28.3 Å². The Morgan fingerprint density at radius 2 is 1.55 bits per heavy atom. The summed E-state index contributed by atoms with van der Waals surface area (Å²) in [4.78, 5) is 17.1. The highest BCUT2D eigenvalue weighted by Crippen LogP contribution is 2.21. The second kappa shape index (κ2) is 7.55. The average Bonchev–Trinajstić information content (AvgIpc) is 2.71. The van der Waals surface area contributed by atoms with Crippen LogP contribution in [0.5, 0.6) is 5.75 Å². The molecule has 4 rings (SSSR count). The van der Waals surface area contributed by atoms with Crippen molar-refractivity contribution in [1.29, 1.82) is 0 Å². The molecule has 1 amide bonds. The van der Waals surface area contributed by atoms with E-state index in [1.54, 1.807) is 12.1 Å². The molecule has 144 valence electrons. The Kier molecular flexibility index (Phi) is 4.78. The largest absolute Gasteiger partial charge is 0.508 e. The van der Waals surface area contributed by atoms with E-state index in [0.717, 1.165) is 0 Å². The molecule has 7 heteroatoms. The molecule has 0 spiro atoms. The Bertz CT molecular complexity index is 1260. The number of phenols is 1. The average molecular weight is 392 g/mol. The summed E-state index contributed by atoms with van der Waals surface area (Å²) < 4.78 is 32.0. The Hall–Kier alpha value is -4.00. The van der Waals surface area contributed by atoms with Crippen LogP contribution in [0.4, 0.5) is 20.2 Å². The Balaban J connectivity index is 1.83. The molecule has 29 heavy (non-hydrogen) atoms. The third kappa shape index (κ3) is 4.14. The zero-order valence-electron chi connectivity index (χ0n) is 14.9. The number of phenolic OH excluding ortho intramolecular Hbond substituents is 1. The van der Waals surface area contributed by atoms with Gasteiger partial charge in [-0.2, -0.15) is 0 Å². The molecule has 5 nitrogen and oxygen atoms in total. The SMILES string of the molecule is O=C(Nc1ccc(F)cc1)c1cc2ccc(O)cc2oc1=Nc1ccc(F)cc1. The van der Waals surface area contributed by atoms with E-state index in [-0.39, 0.29) is 16.9 Å². The van der Waals surface area contributed by atoms with Crippen molar-refractivity contribution in [3.8, 4) is 5.75 Å². The van der Waals surface area contributed by atoms with Gasteiger partial charge in [-0.05, 0) is 66.7 Å². The number of anilines is 1. The van der Waals surface area contributed by atoms with Crippen LogP contribution in [-0.4, -0.2) is 11.0 Å². The number of nitrogens with zero attached hydrogens (tertiary/aromatic N) is 1. The third-order valence-electron chi connectivity index (χ3n) is 4.14. The number of carbonyl (C=O) groups excluding carboxylic acids is 1. The molecule has 1 aromatic heterocycles. The quantitative estimate of drug-likeness (QED) is 0.521. The predicted octanol–water partition coefficient (Wildman–Crippen LogP) is 4.90. The van der Waals surface area contributed by atoms with Gasteiger partial charge < -0.3 is 14.8 Å². The van der Waals surface area contributed by atoms with Gasteiger partial charge in [0.05, 0.1) is 5.69 Å². The maximum atomic E-state index is 13.2. The molecule has 1 heterocycles. The molecular formula is C22H14F2N2O3. The van der Waals surface area contributed by atoms with Crippen LogP contribution in [-0.2, 0) is 0 Å². The lowest BCUT2D eigenvalue weighted by atomic mass is 10.1. The number of nitrogens with one attached hydrogen (secondary N) is 1. The van der Waals surface area contributed by atoms with Crippen molar-refractivity contribution < 1.29 is 23.1 Å². The van der Waals surface area contributed by atoms with Gasteiger partial charge in [-0.1, -0.05) is 0 Å². The van der Waals surface area contributed by atoms with E-state index in [1.807, 2.05) is 0 Å². The Morgan fingerprint density at radius 3 is 2.24 bits per heavy atom. The van der Waals surface area contributed by atoms with E-state index in [0.29, 0.717) is 22.3 Å². The molecule has 0 fully saturated rings. The highest BCUT2D eigenvalue weighted by Gasteiger charge is 2.14. The molecule has 0 aliphatic carbocycles. The third-order valence-corrected chi connectivity index (χ3v) is 4.14. The lowest BCUT2D eigenvalue weighted by molar-refractivity contribution is 0.102. The van der Waals surface area contributed by atoms with Crippen LogP contribution >= 0.6 is 0 Å². The maximum Gasteiger partial charge on any atom is 0.261 e. The Labute approximate surface area is 163 Å². The van der Waals surface area contributed by atoms with Gasteiger partial charge in [-0.25, -0.2) is 13.8 Å². The lowest BCUT2D eigenvalue weighted by Gasteiger charge is -2.07. The first-order valence-electron chi connectivity index (χ1n) is 8.62. The summed E-state index contributed by atoms with van der Waals surface area (Å²) in [5, 5.41) is 12.9. The van der Waals surface area contributed by atoms with Gasteiger partial charge in [0.15, 0.2) is 0 Å². The number of hydrogen-bond acceptors (Lipinski definition) is 4. The summed E-state index contributed by atoms with van der Waals surface area (Å²) in [6.07, 6.45) is 0. The van der Waals surface area contributed by atoms with Crippen molar-refractivity contribution in [2.75, 3.05) is 5.32 Å². The highest BCUT2D eigenvalue weighted by molar-refractivity contribution is 6.05. The van der Waals surface area contributed by atoms with Gasteiger partial charge in [0.25, 0.3) is 5.91 Å². The number of fused-ring (bicyclic) bond motifs is 1. The van der Waals surface area contributed by atoms with Gasteiger partial charge in [0.2, 0.25) is 5.55 Å². The summed E-state index contributed by atoms with van der Waals surface area (Å²) in [5.74, 6) is -1.36. The first-order chi connectivity index (χ1) is 14.0. The van der Waals surface area contributed by atoms with Crippen molar-refractivity contribution in [3.63, 3.8) is 0 Å². The zero-order chi connectivity index (χ0) is 20.4. The molecule has 3 aromatic carbocycles. The van der Waals surface area contributed by atoms with Crippen LogP contribution < -0.4 is 10.9 Å². The highest BCUT2D eigenvalue weighted by atomic mass is 19.1. The van der Waals surface area contributed by atoms with Crippen LogP contribution in [0.15, 0.2) is 82.2 Å². The summed E-state index contributed by atoms with van der Waals surface area (Å²) >= 11 is 0. The Morgan fingerprint density at radius 1 is 0.897 bits per heavy atom. The smallest absolute Gasteiger partial charge is 0.261 e. The van der Waals surface area contributed by atoms with Crippen LogP contribution in [0.3, 0.4) is 0 Å². The summed E-state index contributed by atoms with van der Waals surface area (Å²) in [6.45, 7) is 0. The topological polar surface area (TPSA) is 74.8 Å². The van der Waals surface area contributed by atoms with E-state index in [2.05, 4.69) is 10.3 Å². The molecule has 0 atom stereocenters. The fourth-order valence-corrected chi connectivity index (χ4v) is 2.72. The van der Waals surface area contributed by atoms with Crippen molar-refractivity contribution in [3.05, 3.63) is 95.5 Å². The van der Waals surface area contributed by atoms with Crippen LogP contribution in [0.25, 0.3) is 11.0 Å². The number of halogens is 2. The molecule has 0 radical (unpaired) electrons. The first kappa shape index (κ1) is 18.4. The summed E-state index contributed by atoms with van der Waals surface area (Å²) in [5.41, 5.74) is 1.20. The van der Waals surface area contributed by atoms with E-state index in [4.69, 9.17) is 4.42 Å². The summed E-state index contributed by atoms with van der Waals surface area (Å²) in [6, 6.07) is 16.7. The monoisotopic (exact) mass is 392 g/mol. The minimum absolute atomic E-state index is 0.00232. The van der Waals surface area contributed by atoms with Gasteiger partial charge in [-0.15, -0.1) is 0 Å². The molecule has 0 saturated heterocycles. The van der Waals surface area contributed by atoms with Gasteiger partial charge in [0.1, 0.15) is 28.5 Å². The van der Waals surface area contributed by atoms with E-state index in [1.165, 1.54) is 60.7 Å². The number of amides is 1. The molecule has 0 aliphatic heterocycles. The van der Waals surface area contributed by atoms with Gasteiger partial charge in [-0.3, -0.25) is 4.79 Å². The first-order valence-corrected chi connectivity index (χ1v) is 8.62. The number of carbonyl (C=O) groups is 1. The predicted molar refractivity (Wildman–Crippen MR) is 104 cm³/mol. The van der Waals surface area contributed by atoms with Crippen molar-refractivity contribution in [2.24, 2.45) is 4.99 Å². The van der Waals surface area contributed by atoms with Crippen LogP contribution in [0.2, 0.25) is 0 Å². The fraction of sp³-hybridized carbons (Fsp3) is 0. The second-order valence-corrected chi connectivity index (χ2v) is 6.24. The number of aromatic hydroxyl groups is 1. The molecule has 0 bridgehead atoms. The lowest BCUT2D eigenvalue weighted by Crippen LogP contribution is -2.21. The standard InChI is InChI=1S/C22H14F2N2O3/c23-14-2-6-16(7-3-14)25-21(28)19-11-13-1-10-18(27)12-20(13)29-22(19)26-17-8-4-15(24)5-9-17/h1-12,27H,(H,25,28). The zero-order valence-corrected chi connectivity index (χ0v) is 14.9. The van der Waals surface area contributed by atoms with E-state index in [9.17, 15) is 18.7 Å². The van der Waals surface area contributed by atoms with Gasteiger partial charge >= 0.3 is 0 Å². The minimum atomic E-state index is -0.517. The number of benzene rings is 3. The van der Waals surface area contributed by atoms with E-state index < -0.39 is 17.5 Å². The molecular weight excluding hydrogens is 378 g/mol. The normalized spacial score (nSPS) is 11.6.